The van der Waals surface area contributed by atoms with E-state index in [0.29, 0.717) is 17.7 Å². The highest BCUT2D eigenvalue weighted by Gasteiger charge is 2.10. The third-order valence-corrected chi connectivity index (χ3v) is 4.59. The van der Waals surface area contributed by atoms with Crippen molar-refractivity contribution >= 4 is 39.3 Å². The van der Waals surface area contributed by atoms with Crippen molar-refractivity contribution in [3.8, 4) is 0 Å². The molecule has 1 heterocycles. The Balaban J connectivity index is 2.72. The first-order chi connectivity index (χ1) is 8.04. The lowest BCUT2D eigenvalue weighted by atomic mass is 10.3. The van der Waals surface area contributed by atoms with E-state index in [2.05, 4.69) is 39.7 Å². The molecule has 1 aromatic heterocycles. The maximum atomic E-state index is 6.03. The summed E-state index contributed by atoms with van der Waals surface area (Å²) in [7, 11) is 1.63. The molecule has 6 heteroatoms. The predicted octanol–water partition coefficient (Wildman–Crippen LogP) is 3.93. The Morgan fingerprint density at radius 2 is 2.12 bits per heavy atom. The fourth-order valence-corrected chi connectivity index (χ4v) is 2.59. The molecule has 0 radical (unpaired) electrons. The molecule has 0 fully saturated rings. The summed E-state index contributed by atoms with van der Waals surface area (Å²) in [5.41, 5.74) is 0.799. The highest BCUT2D eigenvalue weighted by atomic mass is 79.9. The zero-order valence-electron chi connectivity index (χ0n) is 10.2. The Labute approximate surface area is 120 Å². The first-order valence-corrected chi connectivity index (χ1v) is 7.64. The van der Waals surface area contributed by atoms with Gasteiger partial charge in [0, 0.05) is 7.11 Å². The quantitative estimate of drug-likeness (QED) is 0.736. The van der Waals surface area contributed by atoms with Gasteiger partial charge in [-0.3, -0.25) is 0 Å². The zero-order valence-corrected chi connectivity index (χ0v) is 13.3. The molecule has 0 N–H and O–H groups in total. The van der Waals surface area contributed by atoms with Crippen LogP contribution in [0.4, 0.5) is 0 Å². The maximum Gasteiger partial charge on any atom is 0.147 e. The minimum absolute atomic E-state index is 0.435. The highest BCUT2D eigenvalue weighted by molar-refractivity contribution is 9.10. The Bertz CT molecular complexity index is 377. The summed E-state index contributed by atoms with van der Waals surface area (Å²) >= 11 is 11.2. The van der Waals surface area contributed by atoms with E-state index in [9.17, 15) is 0 Å². The lowest BCUT2D eigenvalue weighted by molar-refractivity contribution is 0.180. The number of hydrogen-bond donors (Lipinski definition) is 0. The summed E-state index contributed by atoms with van der Waals surface area (Å²) < 4.78 is 5.80. The van der Waals surface area contributed by atoms with Crippen molar-refractivity contribution in [3.63, 3.8) is 0 Å². The van der Waals surface area contributed by atoms with Gasteiger partial charge in [0.25, 0.3) is 0 Å². The smallest absolute Gasteiger partial charge is 0.147 e. The molecule has 0 aliphatic heterocycles. The van der Waals surface area contributed by atoms with E-state index >= 15 is 0 Å². The SMILES string of the molecule is COCc1nc(CSCC(C)C)nc(Cl)c1Br. The second-order valence-electron chi connectivity index (χ2n) is 4.03. The van der Waals surface area contributed by atoms with E-state index in [0.717, 1.165) is 27.5 Å². The molecule has 0 bridgehead atoms. The molecule has 1 rings (SSSR count). The number of aromatic nitrogens is 2. The van der Waals surface area contributed by atoms with Crippen LogP contribution in [0.25, 0.3) is 0 Å². The molecule has 0 aliphatic carbocycles. The molecule has 0 saturated carbocycles. The van der Waals surface area contributed by atoms with Crippen LogP contribution < -0.4 is 0 Å². The second-order valence-corrected chi connectivity index (χ2v) is 6.21. The number of nitrogens with zero attached hydrogens (tertiary/aromatic N) is 2. The van der Waals surface area contributed by atoms with Gasteiger partial charge in [0.15, 0.2) is 0 Å². The van der Waals surface area contributed by atoms with Crippen molar-refractivity contribution < 1.29 is 4.74 Å². The predicted molar refractivity (Wildman–Crippen MR) is 76.5 cm³/mol. The molecule has 0 saturated heterocycles. The Morgan fingerprint density at radius 3 is 2.71 bits per heavy atom. The topological polar surface area (TPSA) is 35.0 Å². The van der Waals surface area contributed by atoms with Crippen LogP contribution in [0.1, 0.15) is 25.4 Å². The summed E-state index contributed by atoms with van der Waals surface area (Å²) in [5, 5.41) is 0.451. The van der Waals surface area contributed by atoms with Crippen molar-refractivity contribution in [2.45, 2.75) is 26.2 Å². The maximum absolute atomic E-state index is 6.03. The Morgan fingerprint density at radius 1 is 1.41 bits per heavy atom. The molecule has 3 nitrogen and oxygen atoms in total. The summed E-state index contributed by atoms with van der Waals surface area (Å²) in [6.07, 6.45) is 0. The first-order valence-electron chi connectivity index (χ1n) is 5.32. The number of thioether (sulfide) groups is 1. The van der Waals surface area contributed by atoms with Crippen LogP contribution in [0, 0.1) is 5.92 Å². The second kappa shape index (κ2) is 7.56. The average molecular weight is 340 g/mol. The van der Waals surface area contributed by atoms with E-state index in [4.69, 9.17) is 16.3 Å². The Kier molecular flexibility index (Phi) is 6.77. The summed E-state index contributed by atoms with van der Waals surface area (Å²) in [4.78, 5) is 8.67. The van der Waals surface area contributed by atoms with Gasteiger partial charge in [0.2, 0.25) is 0 Å². The zero-order chi connectivity index (χ0) is 12.8. The van der Waals surface area contributed by atoms with Crippen molar-refractivity contribution in [1.82, 2.24) is 9.97 Å². The lowest BCUT2D eigenvalue weighted by Gasteiger charge is -2.08. The van der Waals surface area contributed by atoms with E-state index in [1.165, 1.54) is 0 Å². The number of rotatable bonds is 6. The Hall–Kier alpha value is 0.160. The molecule has 96 valence electrons. The summed E-state index contributed by atoms with van der Waals surface area (Å²) in [6, 6.07) is 0. The molecule has 0 aliphatic rings. The lowest BCUT2D eigenvalue weighted by Crippen LogP contribution is -2.03. The average Bonchev–Trinajstić information content (AvgIpc) is 2.25. The van der Waals surface area contributed by atoms with Crippen molar-refractivity contribution in [2.24, 2.45) is 5.92 Å². The van der Waals surface area contributed by atoms with Crippen LogP contribution in [-0.2, 0) is 17.1 Å². The monoisotopic (exact) mass is 338 g/mol. The number of hydrogen-bond acceptors (Lipinski definition) is 4. The van der Waals surface area contributed by atoms with Crippen LogP contribution in [0.2, 0.25) is 5.15 Å². The van der Waals surface area contributed by atoms with Crippen LogP contribution in [0.5, 0.6) is 0 Å². The van der Waals surface area contributed by atoms with Gasteiger partial charge in [0.05, 0.1) is 22.5 Å². The highest BCUT2D eigenvalue weighted by Crippen LogP contribution is 2.25. The molecule has 1 aromatic rings. The van der Waals surface area contributed by atoms with Gasteiger partial charge in [-0.1, -0.05) is 25.4 Å². The molecule has 0 spiro atoms. The summed E-state index contributed by atoms with van der Waals surface area (Å²) in [6.45, 7) is 4.82. The van der Waals surface area contributed by atoms with Gasteiger partial charge in [-0.2, -0.15) is 11.8 Å². The van der Waals surface area contributed by atoms with E-state index in [1.807, 2.05) is 11.8 Å². The van der Waals surface area contributed by atoms with E-state index in [1.54, 1.807) is 7.11 Å². The minimum atomic E-state index is 0.435. The molecular weight excluding hydrogens is 324 g/mol. The number of halogens is 2. The van der Waals surface area contributed by atoms with E-state index in [-0.39, 0.29) is 0 Å². The van der Waals surface area contributed by atoms with Gasteiger partial charge in [0.1, 0.15) is 11.0 Å². The largest absolute Gasteiger partial charge is 0.378 e. The molecule has 0 amide bonds. The van der Waals surface area contributed by atoms with Gasteiger partial charge in [-0.05, 0) is 27.6 Å². The van der Waals surface area contributed by atoms with Crippen LogP contribution in [-0.4, -0.2) is 22.8 Å². The minimum Gasteiger partial charge on any atom is -0.378 e. The third kappa shape index (κ3) is 5.12. The fourth-order valence-electron chi connectivity index (χ4n) is 1.19. The van der Waals surface area contributed by atoms with Gasteiger partial charge in [-0.15, -0.1) is 0 Å². The van der Waals surface area contributed by atoms with Crippen molar-refractivity contribution in [1.29, 1.82) is 0 Å². The van der Waals surface area contributed by atoms with Crippen molar-refractivity contribution in [2.75, 3.05) is 12.9 Å². The molecular formula is C11H16BrClN2OS. The third-order valence-electron chi connectivity index (χ3n) is 1.89. The molecule has 0 unspecified atom stereocenters. The normalized spacial score (nSPS) is 11.2. The fraction of sp³-hybridized carbons (Fsp3) is 0.636. The van der Waals surface area contributed by atoms with Crippen molar-refractivity contribution in [3.05, 3.63) is 21.1 Å². The van der Waals surface area contributed by atoms with Crippen LogP contribution in [0.3, 0.4) is 0 Å². The van der Waals surface area contributed by atoms with Gasteiger partial charge < -0.3 is 4.74 Å². The van der Waals surface area contributed by atoms with Crippen LogP contribution in [0.15, 0.2) is 4.47 Å². The van der Waals surface area contributed by atoms with Crippen LogP contribution >= 0.6 is 39.3 Å². The number of ether oxygens (including phenoxy) is 1. The van der Waals surface area contributed by atoms with Gasteiger partial charge in [-0.25, -0.2) is 9.97 Å². The first kappa shape index (κ1) is 15.2. The number of methoxy groups -OCH3 is 1. The molecule has 17 heavy (non-hydrogen) atoms. The van der Waals surface area contributed by atoms with Gasteiger partial charge >= 0.3 is 0 Å². The molecule has 0 aromatic carbocycles. The molecule has 0 atom stereocenters. The standard InChI is InChI=1S/C11H16BrClN2OS/c1-7(2)5-17-6-9-14-8(4-16-3)10(12)11(13)15-9/h7H,4-6H2,1-3H3. The van der Waals surface area contributed by atoms with E-state index < -0.39 is 0 Å². The summed E-state index contributed by atoms with van der Waals surface area (Å²) in [5.74, 6) is 3.30.